The number of anilines is 2. The van der Waals surface area contributed by atoms with Crippen LogP contribution in [0, 0.1) is 0 Å². The van der Waals surface area contributed by atoms with Crippen molar-refractivity contribution in [1.82, 2.24) is 9.97 Å². The first-order valence-corrected chi connectivity index (χ1v) is 6.03. The van der Waals surface area contributed by atoms with E-state index in [1.54, 1.807) is 0 Å². The summed E-state index contributed by atoms with van der Waals surface area (Å²) >= 11 is 0. The van der Waals surface area contributed by atoms with Gasteiger partial charge in [0.15, 0.2) is 0 Å². The van der Waals surface area contributed by atoms with Gasteiger partial charge in [0, 0.05) is 19.0 Å². The summed E-state index contributed by atoms with van der Waals surface area (Å²) in [5, 5.41) is 7.43. The number of nitrogens with one attached hydrogen (secondary N) is 2. The first-order chi connectivity index (χ1) is 8.35. The zero-order valence-corrected chi connectivity index (χ0v) is 10.3. The number of nitrogens with zero attached hydrogens (tertiary/aromatic N) is 2. The molecule has 0 atom stereocenters. The Kier molecular flexibility index (Phi) is 3.75. The van der Waals surface area contributed by atoms with Crippen molar-refractivity contribution in [2.24, 2.45) is 0 Å². The van der Waals surface area contributed by atoms with Crippen molar-refractivity contribution in [1.29, 1.82) is 0 Å². The average molecular weight is 230 g/mol. The van der Waals surface area contributed by atoms with Crippen LogP contribution in [0.25, 0.3) is 10.9 Å². The van der Waals surface area contributed by atoms with E-state index in [-0.39, 0.29) is 0 Å². The van der Waals surface area contributed by atoms with E-state index in [9.17, 15) is 0 Å². The van der Waals surface area contributed by atoms with Gasteiger partial charge in [0.05, 0.1) is 5.52 Å². The summed E-state index contributed by atoms with van der Waals surface area (Å²) in [5.41, 5.74) is 0.964. The van der Waals surface area contributed by atoms with E-state index in [0.29, 0.717) is 5.95 Å². The largest absolute Gasteiger partial charge is 0.369 e. The van der Waals surface area contributed by atoms with Crippen LogP contribution in [0.1, 0.15) is 19.8 Å². The molecular weight excluding hydrogens is 212 g/mol. The van der Waals surface area contributed by atoms with Gasteiger partial charge in [-0.1, -0.05) is 25.5 Å². The van der Waals surface area contributed by atoms with Crippen LogP contribution in [-0.4, -0.2) is 23.6 Å². The van der Waals surface area contributed by atoms with Crippen molar-refractivity contribution in [2.75, 3.05) is 24.2 Å². The molecule has 0 radical (unpaired) electrons. The van der Waals surface area contributed by atoms with E-state index >= 15 is 0 Å². The fraction of sp³-hybridized carbons (Fsp3) is 0.385. The number of fused-ring (bicyclic) bond motifs is 1. The van der Waals surface area contributed by atoms with Crippen LogP contribution in [0.15, 0.2) is 24.3 Å². The summed E-state index contributed by atoms with van der Waals surface area (Å²) < 4.78 is 0. The molecule has 4 nitrogen and oxygen atoms in total. The van der Waals surface area contributed by atoms with E-state index in [2.05, 4.69) is 27.5 Å². The number of para-hydroxylation sites is 1. The first kappa shape index (κ1) is 11.6. The predicted octanol–water partition coefficient (Wildman–Crippen LogP) is 2.88. The molecule has 0 amide bonds. The van der Waals surface area contributed by atoms with E-state index in [1.807, 2.05) is 31.3 Å². The molecule has 0 bridgehead atoms. The normalized spacial score (nSPS) is 10.5. The molecule has 0 aliphatic carbocycles. The van der Waals surface area contributed by atoms with Crippen LogP contribution in [0.3, 0.4) is 0 Å². The van der Waals surface area contributed by atoms with Gasteiger partial charge in [0.1, 0.15) is 5.82 Å². The predicted molar refractivity (Wildman–Crippen MR) is 72.5 cm³/mol. The highest BCUT2D eigenvalue weighted by molar-refractivity contribution is 5.89. The maximum absolute atomic E-state index is 4.46. The number of unbranched alkanes of at least 4 members (excludes halogenated alkanes) is 1. The van der Waals surface area contributed by atoms with Crippen molar-refractivity contribution < 1.29 is 0 Å². The first-order valence-electron chi connectivity index (χ1n) is 6.03. The second-order valence-corrected chi connectivity index (χ2v) is 3.94. The van der Waals surface area contributed by atoms with Crippen molar-refractivity contribution in [3.05, 3.63) is 24.3 Å². The Hall–Kier alpha value is -1.84. The van der Waals surface area contributed by atoms with Crippen LogP contribution >= 0.6 is 0 Å². The monoisotopic (exact) mass is 230 g/mol. The van der Waals surface area contributed by atoms with Crippen molar-refractivity contribution in [3.8, 4) is 0 Å². The third kappa shape index (κ3) is 2.64. The molecule has 0 aliphatic heterocycles. The van der Waals surface area contributed by atoms with Gasteiger partial charge < -0.3 is 10.6 Å². The highest BCUT2D eigenvalue weighted by Gasteiger charge is 2.05. The second-order valence-electron chi connectivity index (χ2n) is 3.94. The number of aromatic nitrogens is 2. The Labute approximate surface area is 101 Å². The lowest BCUT2D eigenvalue weighted by Gasteiger charge is -2.09. The van der Waals surface area contributed by atoms with Crippen LogP contribution in [0.5, 0.6) is 0 Å². The van der Waals surface area contributed by atoms with Crippen LogP contribution < -0.4 is 10.6 Å². The number of benzene rings is 1. The minimum Gasteiger partial charge on any atom is -0.369 e. The number of hydrogen-bond donors (Lipinski definition) is 2. The lowest BCUT2D eigenvalue weighted by atomic mass is 10.2. The van der Waals surface area contributed by atoms with Gasteiger partial charge in [-0.15, -0.1) is 0 Å². The molecule has 2 N–H and O–H groups in total. The Balaban J connectivity index is 2.36. The molecular formula is C13H18N4. The fourth-order valence-electron chi connectivity index (χ4n) is 1.71. The molecule has 1 aromatic carbocycles. The summed E-state index contributed by atoms with van der Waals surface area (Å²) in [5.74, 6) is 1.57. The summed E-state index contributed by atoms with van der Waals surface area (Å²) in [4.78, 5) is 8.88. The number of hydrogen-bond acceptors (Lipinski definition) is 4. The van der Waals surface area contributed by atoms with Gasteiger partial charge in [-0.2, -0.15) is 4.98 Å². The average Bonchev–Trinajstić information content (AvgIpc) is 2.38. The van der Waals surface area contributed by atoms with Crippen LogP contribution in [-0.2, 0) is 0 Å². The number of rotatable bonds is 5. The topological polar surface area (TPSA) is 49.8 Å². The van der Waals surface area contributed by atoms with Crippen molar-refractivity contribution >= 4 is 22.7 Å². The Morgan fingerprint density at radius 2 is 2.00 bits per heavy atom. The molecule has 2 aromatic rings. The molecule has 0 fully saturated rings. The zero-order valence-electron chi connectivity index (χ0n) is 10.3. The standard InChI is InChI=1S/C13H18N4/c1-3-4-9-15-12-10-7-5-6-8-11(10)16-13(14-2)17-12/h5-8H,3-4,9H2,1-2H3,(H2,14,15,16,17). The summed E-state index contributed by atoms with van der Waals surface area (Å²) in [7, 11) is 1.83. The van der Waals surface area contributed by atoms with Crippen LogP contribution in [0.2, 0.25) is 0 Å². The van der Waals surface area contributed by atoms with Gasteiger partial charge in [0.25, 0.3) is 0 Å². The maximum atomic E-state index is 4.46. The third-order valence-corrected chi connectivity index (χ3v) is 2.65. The second kappa shape index (κ2) is 5.48. The molecule has 2 rings (SSSR count). The zero-order chi connectivity index (χ0) is 12.1. The molecule has 0 aliphatic rings. The van der Waals surface area contributed by atoms with Gasteiger partial charge >= 0.3 is 0 Å². The molecule has 0 unspecified atom stereocenters. The van der Waals surface area contributed by atoms with E-state index in [4.69, 9.17) is 0 Å². The highest BCUT2D eigenvalue weighted by atomic mass is 15.1. The van der Waals surface area contributed by atoms with Gasteiger partial charge in [0.2, 0.25) is 5.95 Å². The molecule has 1 aromatic heterocycles. The molecule has 0 spiro atoms. The molecule has 17 heavy (non-hydrogen) atoms. The molecule has 0 saturated carbocycles. The van der Waals surface area contributed by atoms with E-state index in [1.165, 1.54) is 6.42 Å². The quantitative estimate of drug-likeness (QED) is 0.775. The molecule has 1 heterocycles. The highest BCUT2D eigenvalue weighted by Crippen LogP contribution is 2.21. The Bertz CT molecular complexity index is 496. The van der Waals surface area contributed by atoms with Gasteiger partial charge in [-0.3, -0.25) is 0 Å². The molecule has 4 heteroatoms. The van der Waals surface area contributed by atoms with Crippen LogP contribution in [0.4, 0.5) is 11.8 Å². The van der Waals surface area contributed by atoms with Gasteiger partial charge in [-0.25, -0.2) is 4.98 Å². The Morgan fingerprint density at radius 3 is 2.76 bits per heavy atom. The lowest BCUT2D eigenvalue weighted by Crippen LogP contribution is -2.06. The minimum atomic E-state index is 0.655. The molecule has 90 valence electrons. The lowest BCUT2D eigenvalue weighted by molar-refractivity contribution is 0.832. The maximum Gasteiger partial charge on any atom is 0.224 e. The van der Waals surface area contributed by atoms with E-state index in [0.717, 1.165) is 29.7 Å². The van der Waals surface area contributed by atoms with Crippen molar-refractivity contribution in [2.45, 2.75) is 19.8 Å². The minimum absolute atomic E-state index is 0.655. The summed E-state index contributed by atoms with van der Waals surface area (Å²) in [6.07, 6.45) is 2.32. The summed E-state index contributed by atoms with van der Waals surface area (Å²) in [6, 6.07) is 8.05. The smallest absolute Gasteiger partial charge is 0.224 e. The third-order valence-electron chi connectivity index (χ3n) is 2.65. The SMILES string of the molecule is CCCCNc1nc(NC)nc2ccccc12. The van der Waals surface area contributed by atoms with Gasteiger partial charge in [-0.05, 0) is 18.6 Å². The summed E-state index contributed by atoms with van der Waals surface area (Å²) in [6.45, 7) is 3.12. The molecule has 0 saturated heterocycles. The van der Waals surface area contributed by atoms with E-state index < -0.39 is 0 Å². The van der Waals surface area contributed by atoms with Crippen molar-refractivity contribution in [3.63, 3.8) is 0 Å². The Morgan fingerprint density at radius 1 is 1.18 bits per heavy atom. The fourth-order valence-corrected chi connectivity index (χ4v) is 1.71.